The van der Waals surface area contributed by atoms with Gasteiger partial charge in [-0.15, -0.1) is 0 Å². The standard InChI is InChI=1S/C21H22F3N7O2/c1-10-8-15(21(22,23)24)30-18(26-10)16(17(25)32)19-28-12-6-5-11(9-13(12)29-19)27-20(33)14-4-3-7-31(14)2/h5-6,8-9,14,16H,3-4,7H2,1-2H3,(H2,25,32)(H,27,33)(H,28,29)/t14-,16?/m0/s1. The van der Waals surface area contributed by atoms with E-state index in [-0.39, 0.29) is 23.5 Å². The predicted octanol–water partition coefficient (Wildman–Crippen LogP) is 2.33. The van der Waals surface area contributed by atoms with Gasteiger partial charge in [-0.25, -0.2) is 15.0 Å². The smallest absolute Gasteiger partial charge is 0.369 e. The average molecular weight is 461 g/mol. The highest BCUT2D eigenvalue weighted by Crippen LogP contribution is 2.30. The molecule has 3 heterocycles. The second-order valence-electron chi connectivity index (χ2n) is 8.07. The molecule has 0 spiro atoms. The van der Waals surface area contributed by atoms with Crippen LogP contribution in [-0.4, -0.2) is 56.3 Å². The van der Waals surface area contributed by atoms with E-state index < -0.39 is 29.5 Å². The lowest BCUT2D eigenvalue weighted by Gasteiger charge is -2.18. The molecule has 1 saturated heterocycles. The molecule has 0 radical (unpaired) electrons. The van der Waals surface area contributed by atoms with E-state index in [0.717, 1.165) is 25.5 Å². The van der Waals surface area contributed by atoms with Crippen molar-refractivity contribution in [3.63, 3.8) is 0 Å². The molecule has 4 rings (SSSR count). The third kappa shape index (κ3) is 4.65. The Hall–Kier alpha value is -3.54. The van der Waals surface area contributed by atoms with Gasteiger partial charge in [-0.05, 0) is 57.6 Å². The fourth-order valence-electron chi connectivity index (χ4n) is 3.96. The van der Waals surface area contributed by atoms with Crippen molar-refractivity contribution in [1.29, 1.82) is 0 Å². The molecule has 2 amide bonds. The van der Waals surface area contributed by atoms with Gasteiger partial charge in [0.2, 0.25) is 11.8 Å². The number of halogens is 3. The average Bonchev–Trinajstić information content (AvgIpc) is 3.32. The number of primary amides is 1. The number of nitrogens with one attached hydrogen (secondary N) is 2. The van der Waals surface area contributed by atoms with Crippen LogP contribution in [0.3, 0.4) is 0 Å². The van der Waals surface area contributed by atoms with E-state index in [1.807, 2.05) is 11.9 Å². The normalized spacial score (nSPS) is 17.9. The molecule has 33 heavy (non-hydrogen) atoms. The maximum absolute atomic E-state index is 13.2. The Morgan fingerprint density at radius 3 is 2.64 bits per heavy atom. The summed E-state index contributed by atoms with van der Waals surface area (Å²) in [4.78, 5) is 41.4. The van der Waals surface area contributed by atoms with Crippen LogP contribution in [0.1, 0.15) is 41.8 Å². The minimum atomic E-state index is -4.71. The summed E-state index contributed by atoms with van der Waals surface area (Å²) in [5, 5.41) is 2.86. The first-order chi connectivity index (χ1) is 15.5. The quantitative estimate of drug-likeness (QED) is 0.535. The first-order valence-electron chi connectivity index (χ1n) is 10.3. The van der Waals surface area contributed by atoms with Crippen LogP contribution in [0.15, 0.2) is 24.3 Å². The number of likely N-dealkylation sites (tertiary alicyclic amines) is 1. The molecule has 2 aromatic heterocycles. The SMILES string of the molecule is Cc1cc(C(F)(F)F)nc(C(C(N)=O)c2nc3ccc(NC(=O)[C@@H]4CCCN4C)cc3[nH]2)n1. The number of hydrogen-bond acceptors (Lipinski definition) is 6. The molecule has 0 saturated carbocycles. The van der Waals surface area contributed by atoms with Crippen molar-refractivity contribution < 1.29 is 22.8 Å². The van der Waals surface area contributed by atoms with Crippen molar-refractivity contribution in [2.24, 2.45) is 5.73 Å². The number of H-pyrrole nitrogens is 1. The largest absolute Gasteiger partial charge is 0.433 e. The van der Waals surface area contributed by atoms with Crippen molar-refractivity contribution in [3.8, 4) is 0 Å². The number of fused-ring (bicyclic) bond motifs is 1. The molecule has 1 aliphatic rings. The minimum Gasteiger partial charge on any atom is -0.369 e. The number of anilines is 1. The van der Waals surface area contributed by atoms with Crippen molar-refractivity contribution in [2.75, 3.05) is 18.9 Å². The van der Waals surface area contributed by atoms with E-state index >= 15 is 0 Å². The Bertz CT molecular complexity index is 1220. The number of aromatic amines is 1. The van der Waals surface area contributed by atoms with Gasteiger partial charge in [0.05, 0.1) is 17.1 Å². The molecule has 1 aliphatic heterocycles. The molecule has 0 aliphatic carbocycles. The maximum atomic E-state index is 13.2. The van der Waals surface area contributed by atoms with Crippen LogP contribution >= 0.6 is 0 Å². The third-order valence-electron chi connectivity index (χ3n) is 5.57. The van der Waals surface area contributed by atoms with Crippen molar-refractivity contribution >= 4 is 28.5 Å². The van der Waals surface area contributed by atoms with Gasteiger partial charge in [0.1, 0.15) is 17.3 Å². The van der Waals surface area contributed by atoms with Crippen LogP contribution in [0.4, 0.5) is 18.9 Å². The summed E-state index contributed by atoms with van der Waals surface area (Å²) in [6.45, 7) is 2.22. The molecule has 2 atom stereocenters. The number of rotatable bonds is 5. The number of aromatic nitrogens is 4. The number of carbonyl (C=O) groups excluding carboxylic acids is 2. The van der Waals surface area contributed by atoms with Gasteiger partial charge in [0, 0.05) is 11.4 Å². The van der Waals surface area contributed by atoms with E-state index in [0.29, 0.717) is 16.7 Å². The molecular weight excluding hydrogens is 439 g/mol. The summed E-state index contributed by atoms with van der Waals surface area (Å²) < 4.78 is 39.6. The summed E-state index contributed by atoms with van der Waals surface area (Å²) in [5.41, 5.74) is 5.78. The number of amides is 2. The second-order valence-corrected chi connectivity index (χ2v) is 8.07. The molecule has 9 nitrogen and oxygen atoms in total. The van der Waals surface area contributed by atoms with Crippen LogP contribution in [0.5, 0.6) is 0 Å². The zero-order chi connectivity index (χ0) is 23.9. The Labute approximate surface area is 186 Å². The topological polar surface area (TPSA) is 130 Å². The van der Waals surface area contributed by atoms with Gasteiger partial charge < -0.3 is 16.0 Å². The molecule has 4 N–H and O–H groups in total. The summed E-state index contributed by atoms with van der Waals surface area (Å²) in [7, 11) is 1.89. The Morgan fingerprint density at radius 1 is 1.24 bits per heavy atom. The monoisotopic (exact) mass is 461 g/mol. The van der Waals surface area contributed by atoms with E-state index in [1.165, 1.54) is 6.92 Å². The zero-order valence-electron chi connectivity index (χ0n) is 17.9. The zero-order valence-corrected chi connectivity index (χ0v) is 17.9. The Balaban J connectivity index is 1.66. The first-order valence-corrected chi connectivity index (χ1v) is 10.3. The highest BCUT2D eigenvalue weighted by atomic mass is 19.4. The van der Waals surface area contributed by atoms with E-state index in [2.05, 4.69) is 25.3 Å². The molecule has 1 aromatic carbocycles. The number of carbonyl (C=O) groups is 2. The summed E-state index contributed by atoms with van der Waals surface area (Å²) in [6, 6.07) is 5.49. The molecule has 1 fully saturated rings. The highest BCUT2D eigenvalue weighted by Gasteiger charge is 2.36. The van der Waals surface area contributed by atoms with Crippen molar-refractivity contribution in [3.05, 3.63) is 47.3 Å². The number of alkyl halides is 3. The van der Waals surface area contributed by atoms with Gasteiger partial charge in [-0.3, -0.25) is 14.5 Å². The fourth-order valence-corrected chi connectivity index (χ4v) is 3.96. The van der Waals surface area contributed by atoms with E-state index in [4.69, 9.17) is 5.73 Å². The molecule has 3 aromatic rings. The minimum absolute atomic E-state index is 0.00947. The van der Waals surface area contributed by atoms with Crippen LogP contribution in [0, 0.1) is 6.92 Å². The van der Waals surface area contributed by atoms with Gasteiger partial charge in [0.25, 0.3) is 0 Å². The fraction of sp³-hybridized carbons (Fsp3) is 0.381. The van der Waals surface area contributed by atoms with Crippen LogP contribution in [0.2, 0.25) is 0 Å². The summed E-state index contributed by atoms with van der Waals surface area (Å²) >= 11 is 0. The first kappa shape index (κ1) is 22.6. The Kier molecular flexibility index (Phi) is 5.78. The van der Waals surface area contributed by atoms with Crippen LogP contribution < -0.4 is 11.1 Å². The predicted molar refractivity (Wildman–Crippen MR) is 113 cm³/mol. The molecule has 0 bridgehead atoms. The molecule has 174 valence electrons. The van der Waals surface area contributed by atoms with Crippen LogP contribution in [-0.2, 0) is 15.8 Å². The van der Waals surface area contributed by atoms with E-state index in [9.17, 15) is 22.8 Å². The molecule has 1 unspecified atom stereocenters. The molecular formula is C21H22F3N7O2. The van der Waals surface area contributed by atoms with Crippen molar-refractivity contribution in [1.82, 2.24) is 24.8 Å². The summed E-state index contributed by atoms with van der Waals surface area (Å²) in [6.07, 6.45) is -2.99. The summed E-state index contributed by atoms with van der Waals surface area (Å²) in [5.74, 6) is -2.88. The number of benzene rings is 1. The lowest BCUT2D eigenvalue weighted by atomic mass is 10.1. The number of nitrogens with zero attached hydrogens (tertiary/aromatic N) is 4. The van der Waals surface area contributed by atoms with Gasteiger partial charge in [0.15, 0.2) is 5.92 Å². The van der Waals surface area contributed by atoms with Gasteiger partial charge in [-0.2, -0.15) is 13.2 Å². The number of hydrogen-bond donors (Lipinski definition) is 3. The number of likely N-dealkylation sites (N-methyl/N-ethyl adjacent to an activating group) is 1. The number of nitrogens with two attached hydrogens (primary N) is 1. The molecule has 12 heteroatoms. The lowest BCUT2D eigenvalue weighted by molar-refractivity contribution is -0.141. The maximum Gasteiger partial charge on any atom is 0.433 e. The lowest BCUT2D eigenvalue weighted by Crippen LogP contribution is -2.37. The highest BCUT2D eigenvalue weighted by molar-refractivity contribution is 5.96. The Morgan fingerprint density at radius 2 is 2.00 bits per heavy atom. The number of aryl methyl sites for hydroxylation is 1. The van der Waals surface area contributed by atoms with Gasteiger partial charge >= 0.3 is 6.18 Å². The second kappa shape index (κ2) is 8.43. The van der Waals surface area contributed by atoms with E-state index in [1.54, 1.807) is 18.2 Å². The van der Waals surface area contributed by atoms with Crippen molar-refractivity contribution in [2.45, 2.75) is 37.9 Å². The third-order valence-corrected chi connectivity index (χ3v) is 5.57. The number of imidazole rings is 1. The van der Waals surface area contributed by atoms with Gasteiger partial charge in [-0.1, -0.05) is 0 Å². The van der Waals surface area contributed by atoms with Crippen LogP contribution in [0.25, 0.3) is 11.0 Å².